The molecule has 0 bridgehead atoms. The van der Waals surface area contributed by atoms with Crippen LogP contribution in [-0.4, -0.2) is 71.3 Å². The van der Waals surface area contributed by atoms with Crippen molar-refractivity contribution in [1.82, 2.24) is 0 Å². The van der Waals surface area contributed by atoms with Gasteiger partial charge in [-0.05, 0) is 0 Å². The fraction of sp³-hybridized carbons (Fsp3) is 0.400. The van der Waals surface area contributed by atoms with Crippen LogP contribution in [0.5, 0.6) is 0 Å². The Hall–Kier alpha value is 2.70. The standard InChI is InChI=1S/C10H8S4Se4/c1-3-15-9-5(11-1)13-7(17-9)8-14-6-10(18-8)16-4-2-12-6/h1-4H2/b8-7-. The van der Waals surface area contributed by atoms with E-state index in [2.05, 4.69) is 47.0 Å². The molecule has 0 amide bonds. The van der Waals surface area contributed by atoms with Crippen molar-refractivity contribution in [3.8, 4) is 0 Å². The van der Waals surface area contributed by atoms with Crippen molar-refractivity contribution in [2.45, 2.75) is 10.6 Å². The van der Waals surface area contributed by atoms with Crippen LogP contribution in [0.25, 0.3) is 0 Å². The van der Waals surface area contributed by atoms with Crippen molar-refractivity contribution in [3.05, 3.63) is 22.8 Å². The van der Waals surface area contributed by atoms with Crippen LogP contribution in [0.1, 0.15) is 0 Å². The number of hydrogen-bond acceptors (Lipinski definition) is 4. The van der Waals surface area contributed by atoms with Gasteiger partial charge in [-0.2, -0.15) is 0 Å². The third-order valence-corrected chi connectivity index (χ3v) is 25.0. The Bertz CT molecular complexity index is 412. The van der Waals surface area contributed by atoms with Crippen LogP contribution in [-0.2, 0) is 0 Å². The van der Waals surface area contributed by atoms with Gasteiger partial charge in [-0.15, -0.1) is 0 Å². The average molecular weight is 572 g/mol. The molecule has 0 radical (unpaired) electrons. The summed E-state index contributed by atoms with van der Waals surface area (Å²) < 4.78 is 10.8. The molecule has 0 spiro atoms. The first-order chi connectivity index (χ1) is 8.90. The maximum atomic E-state index is 2.17. The molecular weight excluding hydrogens is 564 g/mol. The molecule has 0 unspecified atom stereocenters. The van der Waals surface area contributed by atoms with Crippen LogP contribution in [0.3, 0.4) is 0 Å². The SMILES string of the molecule is C1C[Se]C2=C(S1)S/C(=C1\SC3=C([Se]CCS3)[Se]1)[Se]2. The predicted molar refractivity (Wildman–Crippen MR) is 93.8 cm³/mol. The fourth-order valence-electron chi connectivity index (χ4n) is 1.60. The zero-order chi connectivity index (χ0) is 11.9. The van der Waals surface area contributed by atoms with Crippen LogP contribution in [0.15, 0.2) is 22.8 Å². The van der Waals surface area contributed by atoms with Gasteiger partial charge in [0, 0.05) is 0 Å². The summed E-state index contributed by atoms with van der Waals surface area (Å²) >= 11 is 11.8. The molecule has 0 aliphatic carbocycles. The van der Waals surface area contributed by atoms with Crippen LogP contribution >= 0.6 is 47.0 Å². The Balaban J connectivity index is 1.54. The minimum atomic E-state index is 0.726. The summed E-state index contributed by atoms with van der Waals surface area (Å²) in [5, 5.41) is 2.96. The Morgan fingerprint density at radius 1 is 0.722 bits per heavy atom. The third kappa shape index (κ3) is 2.93. The van der Waals surface area contributed by atoms with E-state index in [1.54, 1.807) is 16.1 Å². The van der Waals surface area contributed by atoms with E-state index in [0.717, 1.165) is 59.8 Å². The summed E-state index contributed by atoms with van der Waals surface area (Å²) in [6.07, 6.45) is 0. The number of rotatable bonds is 0. The van der Waals surface area contributed by atoms with Gasteiger partial charge in [0.15, 0.2) is 0 Å². The molecule has 4 heterocycles. The van der Waals surface area contributed by atoms with Crippen LogP contribution in [0.2, 0.25) is 10.6 Å². The van der Waals surface area contributed by atoms with Gasteiger partial charge in [0.2, 0.25) is 0 Å². The monoisotopic (exact) mass is 576 g/mol. The molecule has 0 N–H and O–H groups in total. The summed E-state index contributed by atoms with van der Waals surface area (Å²) in [6.45, 7) is 0. The van der Waals surface area contributed by atoms with Gasteiger partial charge >= 0.3 is 152 Å². The molecular formula is C10H8S4Se4. The van der Waals surface area contributed by atoms with E-state index in [0.29, 0.717) is 0 Å². The van der Waals surface area contributed by atoms with Gasteiger partial charge in [0.1, 0.15) is 0 Å². The molecule has 96 valence electrons. The van der Waals surface area contributed by atoms with E-state index >= 15 is 0 Å². The van der Waals surface area contributed by atoms with E-state index in [9.17, 15) is 0 Å². The van der Waals surface area contributed by atoms with Crippen molar-refractivity contribution < 1.29 is 0 Å². The van der Waals surface area contributed by atoms with Gasteiger partial charge < -0.3 is 0 Å². The number of hydrogen-bond donors (Lipinski definition) is 0. The summed E-state index contributed by atoms with van der Waals surface area (Å²) in [6, 6.07) is 0. The summed E-state index contributed by atoms with van der Waals surface area (Å²) in [5.41, 5.74) is 0. The molecule has 4 aliphatic heterocycles. The second-order valence-corrected chi connectivity index (χ2v) is 21.0. The molecule has 0 aromatic carbocycles. The molecule has 0 aromatic rings. The molecule has 8 heteroatoms. The van der Waals surface area contributed by atoms with Gasteiger partial charge in [-0.25, -0.2) is 0 Å². The molecule has 0 atom stereocenters. The minimum absolute atomic E-state index is 0.726. The quantitative estimate of drug-likeness (QED) is 0.410. The van der Waals surface area contributed by atoms with E-state index in [1.165, 1.54) is 22.1 Å². The van der Waals surface area contributed by atoms with Crippen molar-refractivity contribution in [3.63, 3.8) is 0 Å². The normalized spacial score (nSPS) is 32.0. The van der Waals surface area contributed by atoms with Crippen LogP contribution < -0.4 is 0 Å². The Labute approximate surface area is 150 Å². The van der Waals surface area contributed by atoms with E-state index in [-0.39, 0.29) is 0 Å². The molecule has 0 saturated carbocycles. The topological polar surface area (TPSA) is 0 Å². The maximum absolute atomic E-state index is 2.17. The van der Waals surface area contributed by atoms with E-state index < -0.39 is 0 Å². The first-order valence-electron chi connectivity index (χ1n) is 5.35. The Morgan fingerprint density at radius 2 is 1.22 bits per heavy atom. The van der Waals surface area contributed by atoms with Gasteiger partial charge in [-0.3, -0.25) is 0 Å². The van der Waals surface area contributed by atoms with Crippen molar-refractivity contribution in [2.24, 2.45) is 0 Å². The van der Waals surface area contributed by atoms with Crippen molar-refractivity contribution in [2.75, 3.05) is 11.5 Å². The van der Waals surface area contributed by atoms with E-state index in [4.69, 9.17) is 0 Å². The van der Waals surface area contributed by atoms with Gasteiger partial charge in [0.05, 0.1) is 0 Å². The van der Waals surface area contributed by atoms with Crippen molar-refractivity contribution in [1.29, 1.82) is 0 Å². The molecule has 4 aliphatic rings. The van der Waals surface area contributed by atoms with Crippen molar-refractivity contribution >= 4 is 107 Å². The number of thioether (sulfide) groups is 4. The summed E-state index contributed by atoms with van der Waals surface area (Å²) in [5.74, 6) is 2.77. The van der Waals surface area contributed by atoms with Crippen LogP contribution in [0.4, 0.5) is 0 Å². The predicted octanol–water partition coefficient (Wildman–Crippen LogP) is 3.01. The van der Waals surface area contributed by atoms with E-state index in [1.807, 2.05) is 6.74 Å². The molecule has 0 aromatic heterocycles. The second kappa shape index (κ2) is 6.44. The zero-order valence-electron chi connectivity index (χ0n) is 9.09. The molecule has 0 saturated heterocycles. The Morgan fingerprint density at radius 3 is 1.67 bits per heavy atom. The third-order valence-electron chi connectivity index (χ3n) is 2.34. The summed E-state index contributed by atoms with van der Waals surface area (Å²) in [4.78, 5) is 0. The van der Waals surface area contributed by atoms with Gasteiger partial charge in [-0.1, -0.05) is 0 Å². The fourth-order valence-corrected chi connectivity index (χ4v) is 25.8. The van der Waals surface area contributed by atoms with Gasteiger partial charge in [0.25, 0.3) is 0 Å². The first kappa shape index (κ1) is 14.3. The Kier molecular flexibility index (Phi) is 5.12. The van der Waals surface area contributed by atoms with Crippen LogP contribution in [0, 0.1) is 0 Å². The average Bonchev–Trinajstić information content (AvgIpc) is 3.02. The zero-order valence-corrected chi connectivity index (χ0v) is 19.2. The molecule has 18 heavy (non-hydrogen) atoms. The molecule has 4 rings (SSSR count). The molecule has 0 fully saturated rings. The first-order valence-corrected chi connectivity index (χ1v) is 16.5. The molecule has 0 nitrogen and oxygen atoms in total. The summed E-state index contributed by atoms with van der Waals surface area (Å²) in [7, 11) is 0. The second-order valence-electron chi connectivity index (χ2n) is 3.53.